The average molecular weight is 284 g/mol. The Bertz CT molecular complexity index is 455. The summed E-state index contributed by atoms with van der Waals surface area (Å²) < 4.78 is 26.8. The summed E-state index contributed by atoms with van der Waals surface area (Å²) in [6.07, 6.45) is 1.18. The zero-order chi connectivity index (χ0) is 14.7. The molecule has 3 unspecified atom stereocenters. The van der Waals surface area contributed by atoms with Gasteiger partial charge in [0.15, 0.2) is 11.6 Å². The van der Waals surface area contributed by atoms with Gasteiger partial charge in [-0.25, -0.2) is 8.78 Å². The molecular weight excluding hydrogens is 262 g/mol. The molecule has 112 valence electrons. The number of nitrogens with two attached hydrogens (primary N) is 1. The van der Waals surface area contributed by atoms with Crippen molar-refractivity contribution in [1.29, 1.82) is 0 Å². The Morgan fingerprint density at radius 1 is 1.45 bits per heavy atom. The summed E-state index contributed by atoms with van der Waals surface area (Å²) in [7, 11) is 0. The summed E-state index contributed by atoms with van der Waals surface area (Å²) in [5.41, 5.74) is 6.17. The lowest BCUT2D eigenvalue weighted by atomic mass is 9.95. The van der Waals surface area contributed by atoms with E-state index in [2.05, 4.69) is 4.90 Å². The third-order valence-corrected chi connectivity index (χ3v) is 4.14. The van der Waals surface area contributed by atoms with Crippen LogP contribution in [0.2, 0.25) is 0 Å². The van der Waals surface area contributed by atoms with Crippen LogP contribution in [0.1, 0.15) is 31.4 Å². The average Bonchev–Trinajstić information content (AvgIpc) is 2.43. The number of nitrogens with zero attached hydrogens (tertiary/aromatic N) is 1. The first-order valence-electron chi connectivity index (χ1n) is 7.09. The minimum absolute atomic E-state index is 0.218. The summed E-state index contributed by atoms with van der Waals surface area (Å²) in [4.78, 5) is 2.13. The molecule has 0 spiro atoms. The molecule has 3 N–H and O–H groups in total. The highest BCUT2D eigenvalue weighted by Gasteiger charge is 2.24. The fourth-order valence-corrected chi connectivity index (χ4v) is 2.60. The molecule has 1 aliphatic heterocycles. The number of β-amino-alcohol motifs (C(OH)–C–C–N with tert-alkyl or cyclic N) is 1. The molecule has 1 saturated heterocycles. The van der Waals surface area contributed by atoms with Crippen LogP contribution in [0.3, 0.4) is 0 Å². The van der Waals surface area contributed by atoms with Gasteiger partial charge in [-0.3, -0.25) is 0 Å². The number of halogens is 2. The van der Waals surface area contributed by atoms with Crippen molar-refractivity contribution in [1.82, 2.24) is 4.90 Å². The molecule has 1 heterocycles. The predicted molar refractivity (Wildman–Crippen MR) is 74.1 cm³/mol. The number of aliphatic hydroxyl groups excluding tert-OH is 1. The van der Waals surface area contributed by atoms with Gasteiger partial charge in [0.2, 0.25) is 0 Å². The summed E-state index contributed by atoms with van der Waals surface area (Å²) in [6, 6.07) is 3.56. The van der Waals surface area contributed by atoms with Crippen molar-refractivity contribution in [2.45, 2.75) is 31.9 Å². The minimum atomic E-state index is -0.861. The number of aliphatic hydroxyl groups is 1. The van der Waals surface area contributed by atoms with E-state index in [0.717, 1.165) is 19.0 Å². The molecular formula is C15H22F2N2O. The second-order valence-electron chi connectivity index (χ2n) is 5.67. The molecule has 0 radical (unpaired) electrons. The summed E-state index contributed by atoms with van der Waals surface area (Å²) in [5.74, 6) is -1.40. The summed E-state index contributed by atoms with van der Waals surface area (Å²) in [6.45, 7) is 4.26. The third-order valence-electron chi connectivity index (χ3n) is 4.14. The van der Waals surface area contributed by atoms with Crippen LogP contribution < -0.4 is 5.73 Å². The first-order valence-corrected chi connectivity index (χ1v) is 7.09. The maximum absolute atomic E-state index is 13.6. The van der Waals surface area contributed by atoms with Gasteiger partial charge in [-0.2, -0.15) is 0 Å². The minimum Gasteiger partial charge on any atom is -0.392 e. The third kappa shape index (κ3) is 3.53. The summed E-state index contributed by atoms with van der Waals surface area (Å²) >= 11 is 0. The fourth-order valence-electron chi connectivity index (χ4n) is 2.60. The van der Waals surface area contributed by atoms with Crippen molar-refractivity contribution in [3.8, 4) is 0 Å². The maximum Gasteiger partial charge on any atom is 0.163 e. The van der Waals surface area contributed by atoms with Gasteiger partial charge in [0, 0.05) is 24.7 Å². The van der Waals surface area contributed by atoms with E-state index in [0.29, 0.717) is 25.4 Å². The van der Waals surface area contributed by atoms with Crippen molar-refractivity contribution in [2.75, 3.05) is 19.6 Å². The van der Waals surface area contributed by atoms with Crippen molar-refractivity contribution in [3.05, 3.63) is 35.4 Å². The number of hydrogen-bond acceptors (Lipinski definition) is 3. The Labute approximate surface area is 118 Å². The summed E-state index contributed by atoms with van der Waals surface area (Å²) in [5, 5.41) is 9.83. The molecule has 5 heteroatoms. The first-order chi connectivity index (χ1) is 9.49. The van der Waals surface area contributed by atoms with Crippen molar-refractivity contribution in [2.24, 2.45) is 11.7 Å². The molecule has 1 aromatic carbocycles. The molecule has 0 aliphatic carbocycles. The standard InChI is InChI=1S/C15H22F2N2O/c1-10-5-7-19(9-14(10)20)8-6-13(18)11-3-2-4-12(16)15(11)17/h2-4,10,13-14,20H,5-9,18H2,1H3. The van der Waals surface area contributed by atoms with Gasteiger partial charge in [0.05, 0.1) is 6.10 Å². The van der Waals surface area contributed by atoms with Crippen LogP contribution in [0, 0.1) is 17.6 Å². The van der Waals surface area contributed by atoms with Crippen molar-refractivity contribution < 1.29 is 13.9 Å². The zero-order valence-electron chi connectivity index (χ0n) is 11.7. The number of likely N-dealkylation sites (tertiary alicyclic amines) is 1. The normalized spacial score (nSPS) is 25.6. The van der Waals surface area contributed by atoms with Crippen LogP contribution in [-0.4, -0.2) is 35.7 Å². The van der Waals surface area contributed by atoms with Gasteiger partial charge in [-0.15, -0.1) is 0 Å². The van der Waals surface area contributed by atoms with E-state index in [-0.39, 0.29) is 11.7 Å². The van der Waals surface area contributed by atoms with Crippen LogP contribution >= 0.6 is 0 Å². The first kappa shape index (κ1) is 15.4. The lowest BCUT2D eigenvalue weighted by Crippen LogP contribution is -2.43. The van der Waals surface area contributed by atoms with Crippen molar-refractivity contribution >= 4 is 0 Å². The van der Waals surface area contributed by atoms with E-state index < -0.39 is 17.7 Å². The molecule has 1 aromatic rings. The van der Waals surface area contributed by atoms with Crippen LogP contribution in [0.4, 0.5) is 8.78 Å². The lowest BCUT2D eigenvalue weighted by molar-refractivity contribution is 0.0281. The number of rotatable bonds is 4. The van der Waals surface area contributed by atoms with E-state index in [4.69, 9.17) is 5.73 Å². The molecule has 2 rings (SSSR count). The van der Waals surface area contributed by atoms with E-state index in [1.165, 1.54) is 12.1 Å². The maximum atomic E-state index is 13.6. The predicted octanol–water partition coefficient (Wildman–Crippen LogP) is 2.06. The van der Waals surface area contributed by atoms with E-state index in [1.807, 2.05) is 6.92 Å². The van der Waals surface area contributed by atoms with Gasteiger partial charge >= 0.3 is 0 Å². The Morgan fingerprint density at radius 3 is 2.90 bits per heavy atom. The number of piperidine rings is 1. The van der Waals surface area contributed by atoms with Crippen LogP contribution in [0.5, 0.6) is 0 Å². The lowest BCUT2D eigenvalue weighted by Gasteiger charge is -2.34. The number of benzene rings is 1. The largest absolute Gasteiger partial charge is 0.392 e. The molecule has 20 heavy (non-hydrogen) atoms. The second-order valence-corrected chi connectivity index (χ2v) is 5.67. The van der Waals surface area contributed by atoms with E-state index in [1.54, 1.807) is 0 Å². The SMILES string of the molecule is CC1CCN(CCC(N)c2cccc(F)c2F)CC1O. The monoisotopic (exact) mass is 284 g/mol. The van der Waals surface area contributed by atoms with Gasteiger partial charge in [0.25, 0.3) is 0 Å². The topological polar surface area (TPSA) is 49.5 Å². The molecule has 3 atom stereocenters. The molecule has 0 bridgehead atoms. The van der Waals surface area contributed by atoms with Crippen LogP contribution in [0.25, 0.3) is 0 Å². The zero-order valence-corrected chi connectivity index (χ0v) is 11.7. The fraction of sp³-hybridized carbons (Fsp3) is 0.600. The Kier molecular flexibility index (Phi) is 5.07. The molecule has 0 aromatic heterocycles. The highest BCUT2D eigenvalue weighted by Crippen LogP contribution is 2.22. The highest BCUT2D eigenvalue weighted by molar-refractivity contribution is 5.22. The molecule has 0 saturated carbocycles. The molecule has 1 aliphatic rings. The van der Waals surface area contributed by atoms with Crippen LogP contribution in [0.15, 0.2) is 18.2 Å². The van der Waals surface area contributed by atoms with Crippen molar-refractivity contribution in [3.63, 3.8) is 0 Å². The molecule has 1 fully saturated rings. The van der Waals surface area contributed by atoms with Gasteiger partial charge in [0.1, 0.15) is 0 Å². The Hall–Kier alpha value is -1.04. The van der Waals surface area contributed by atoms with Gasteiger partial charge < -0.3 is 15.7 Å². The van der Waals surface area contributed by atoms with Crippen LogP contribution in [-0.2, 0) is 0 Å². The van der Waals surface area contributed by atoms with E-state index in [9.17, 15) is 13.9 Å². The Balaban J connectivity index is 1.89. The Morgan fingerprint density at radius 2 is 2.20 bits per heavy atom. The second kappa shape index (κ2) is 6.61. The molecule has 0 amide bonds. The van der Waals surface area contributed by atoms with Gasteiger partial charge in [-0.05, 0) is 31.4 Å². The van der Waals surface area contributed by atoms with E-state index >= 15 is 0 Å². The highest BCUT2D eigenvalue weighted by atomic mass is 19.2. The van der Waals surface area contributed by atoms with Gasteiger partial charge in [-0.1, -0.05) is 19.1 Å². The molecule has 3 nitrogen and oxygen atoms in total. The number of hydrogen-bond donors (Lipinski definition) is 2. The smallest absolute Gasteiger partial charge is 0.163 e. The quantitative estimate of drug-likeness (QED) is 0.890.